The van der Waals surface area contributed by atoms with Crippen molar-refractivity contribution in [2.75, 3.05) is 4.72 Å². The number of nitriles is 1. The predicted octanol–water partition coefficient (Wildman–Crippen LogP) is 2.81. The maximum Gasteiger partial charge on any atom is 0.261 e. The van der Waals surface area contributed by atoms with E-state index in [1.165, 1.54) is 36.4 Å². The number of rotatable bonds is 3. The number of para-hydroxylation sites is 1. The molecule has 0 saturated carbocycles. The molecule has 0 radical (unpaired) electrons. The van der Waals surface area contributed by atoms with Crippen molar-refractivity contribution in [1.82, 2.24) is 0 Å². The molecule has 0 aliphatic heterocycles. The maximum atomic E-state index is 13.6. The minimum absolute atomic E-state index is 0.0286. The van der Waals surface area contributed by atoms with Crippen LogP contribution in [0.15, 0.2) is 47.4 Å². The third kappa shape index (κ3) is 2.78. The van der Waals surface area contributed by atoms with E-state index in [-0.39, 0.29) is 10.6 Å². The van der Waals surface area contributed by atoms with E-state index >= 15 is 0 Å². The Bertz CT molecular complexity index is 758. The number of anilines is 1. The molecule has 0 bridgehead atoms. The zero-order valence-corrected chi connectivity index (χ0v) is 11.4. The SMILES string of the molecule is Cc1cccc(F)c1NS(=O)(=O)c1ccc(C#N)cc1. The Morgan fingerprint density at radius 2 is 1.80 bits per heavy atom. The molecule has 0 amide bonds. The van der Waals surface area contributed by atoms with Crippen LogP contribution in [-0.2, 0) is 10.0 Å². The van der Waals surface area contributed by atoms with Crippen LogP contribution in [0.5, 0.6) is 0 Å². The van der Waals surface area contributed by atoms with Crippen LogP contribution in [0.3, 0.4) is 0 Å². The third-order valence-electron chi connectivity index (χ3n) is 2.75. The smallest absolute Gasteiger partial charge is 0.261 e. The van der Waals surface area contributed by atoms with Crippen molar-refractivity contribution in [2.24, 2.45) is 0 Å². The van der Waals surface area contributed by atoms with Crippen molar-refractivity contribution in [1.29, 1.82) is 5.26 Å². The molecule has 2 rings (SSSR count). The average molecular weight is 290 g/mol. The lowest BCUT2D eigenvalue weighted by atomic mass is 10.2. The molecule has 2 aromatic carbocycles. The van der Waals surface area contributed by atoms with E-state index in [1.807, 2.05) is 6.07 Å². The number of hydrogen-bond donors (Lipinski definition) is 1. The first-order chi connectivity index (χ1) is 9.44. The van der Waals surface area contributed by atoms with Gasteiger partial charge in [0.25, 0.3) is 10.0 Å². The van der Waals surface area contributed by atoms with E-state index in [2.05, 4.69) is 4.72 Å². The summed E-state index contributed by atoms with van der Waals surface area (Å²) in [6.07, 6.45) is 0. The molecule has 0 fully saturated rings. The third-order valence-corrected chi connectivity index (χ3v) is 4.12. The van der Waals surface area contributed by atoms with Gasteiger partial charge in [0.1, 0.15) is 5.82 Å². The van der Waals surface area contributed by atoms with Gasteiger partial charge in [-0.2, -0.15) is 5.26 Å². The molecule has 2 aromatic rings. The normalized spacial score (nSPS) is 10.8. The largest absolute Gasteiger partial charge is 0.276 e. The Morgan fingerprint density at radius 3 is 2.35 bits per heavy atom. The van der Waals surface area contributed by atoms with Crippen molar-refractivity contribution in [2.45, 2.75) is 11.8 Å². The zero-order chi connectivity index (χ0) is 14.8. The highest BCUT2D eigenvalue weighted by Crippen LogP contribution is 2.22. The summed E-state index contributed by atoms with van der Waals surface area (Å²) in [5.41, 5.74) is 0.769. The van der Waals surface area contributed by atoms with Crippen LogP contribution in [0.25, 0.3) is 0 Å². The molecule has 0 saturated heterocycles. The Labute approximate surface area is 116 Å². The molecule has 0 aliphatic rings. The second kappa shape index (κ2) is 5.31. The van der Waals surface area contributed by atoms with Crippen molar-refractivity contribution < 1.29 is 12.8 Å². The van der Waals surface area contributed by atoms with Crippen molar-refractivity contribution in [3.05, 3.63) is 59.4 Å². The summed E-state index contributed by atoms with van der Waals surface area (Å²) < 4.78 is 40.2. The molecule has 0 heterocycles. The second-order valence-corrected chi connectivity index (χ2v) is 5.86. The Kier molecular flexibility index (Phi) is 3.72. The summed E-state index contributed by atoms with van der Waals surface area (Å²) in [6.45, 7) is 1.61. The topological polar surface area (TPSA) is 70.0 Å². The van der Waals surface area contributed by atoms with Crippen LogP contribution in [-0.4, -0.2) is 8.42 Å². The van der Waals surface area contributed by atoms with Gasteiger partial charge in [-0.25, -0.2) is 12.8 Å². The zero-order valence-electron chi connectivity index (χ0n) is 10.6. The fourth-order valence-corrected chi connectivity index (χ4v) is 2.80. The van der Waals surface area contributed by atoms with Crippen LogP contribution in [0.2, 0.25) is 0 Å². The molecule has 0 aliphatic carbocycles. The number of nitrogens with zero attached hydrogens (tertiary/aromatic N) is 1. The van der Waals surface area contributed by atoms with Gasteiger partial charge >= 0.3 is 0 Å². The van der Waals surface area contributed by atoms with Gasteiger partial charge < -0.3 is 0 Å². The van der Waals surface area contributed by atoms with E-state index < -0.39 is 15.8 Å². The average Bonchev–Trinajstić information content (AvgIpc) is 2.43. The molecule has 0 unspecified atom stereocenters. The molecular formula is C14H11FN2O2S. The molecule has 20 heavy (non-hydrogen) atoms. The molecular weight excluding hydrogens is 279 g/mol. The lowest BCUT2D eigenvalue weighted by Gasteiger charge is -2.11. The quantitative estimate of drug-likeness (QED) is 0.945. The summed E-state index contributed by atoms with van der Waals surface area (Å²) >= 11 is 0. The van der Waals surface area contributed by atoms with Crippen molar-refractivity contribution in [3.8, 4) is 6.07 Å². The monoisotopic (exact) mass is 290 g/mol. The number of aryl methyl sites for hydroxylation is 1. The fraction of sp³-hybridized carbons (Fsp3) is 0.0714. The molecule has 4 nitrogen and oxygen atoms in total. The minimum atomic E-state index is -3.88. The fourth-order valence-electron chi connectivity index (χ4n) is 1.66. The highest BCUT2D eigenvalue weighted by Gasteiger charge is 2.17. The van der Waals surface area contributed by atoms with Crippen LogP contribution in [0.1, 0.15) is 11.1 Å². The molecule has 1 N–H and O–H groups in total. The first-order valence-electron chi connectivity index (χ1n) is 5.72. The first-order valence-corrected chi connectivity index (χ1v) is 7.20. The minimum Gasteiger partial charge on any atom is -0.276 e. The summed E-state index contributed by atoms with van der Waals surface area (Å²) in [4.78, 5) is -0.0286. The van der Waals surface area contributed by atoms with Gasteiger partial charge in [0.05, 0.1) is 22.2 Å². The lowest BCUT2D eigenvalue weighted by molar-refractivity contribution is 0.598. The summed E-state index contributed by atoms with van der Waals surface area (Å²) in [6, 6.07) is 11.6. The van der Waals surface area contributed by atoms with Crippen LogP contribution in [0.4, 0.5) is 10.1 Å². The standard InChI is InChI=1S/C14H11FN2O2S/c1-10-3-2-4-13(15)14(10)17-20(18,19)12-7-5-11(9-16)6-8-12/h2-8,17H,1H3. The highest BCUT2D eigenvalue weighted by molar-refractivity contribution is 7.92. The van der Waals surface area contributed by atoms with Gasteiger partial charge in [-0.05, 0) is 42.8 Å². The van der Waals surface area contributed by atoms with Gasteiger partial charge in [-0.3, -0.25) is 4.72 Å². The maximum absolute atomic E-state index is 13.6. The second-order valence-electron chi connectivity index (χ2n) is 4.17. The summed E-state index contributed by atoms with van der Waals surface area (Å²) in [5, 5.41) is 8.67. The van der Waals surface area contributed by atoms with Gasteiger partial charge in [0, 0.05) is 0 Å². The Balaban J connectivity index is 2.38. The van der Waals surface area contributed by atoms with E-state index in [1.54, 1.807) is 13.0 Å². The molecule has 0 aromatic heterocycles. The molecule has 0 atom stereocenters. The van der Waals surface area contributed by atoms with Gasteiger partial charge in [-0.15, -0.1) is 0 Å². The number of nitrogens with one attached hydrogen (secondary N) is 1. The first kappa shape index (κ1) is 14.0. The Morgan fingerprint density at radius 1 is 1.15 bits per heavy atom. The van der Waals surface area contributed by atoms with Crippen LogP contribution in [0, 0.1) is 24.1 Å². The number of hydrogen-bond acceptors (Lipinski definition) is 3. The van der Waals surface area contributed by atoms with E-state index in [4.69, 9.17) is 5.26 Å². The number of halogens is 1. The number of sulfonamides is 1. The lowest BCUT2D eigenvalue weighted by Crippen LogP contribution is -2.14. The van der Waals surface area contributed by atoms with E-state index in [9.17, 15) is 12.8 Å². The van der Waals surface area contributed by atoms with Gasteiger partial charge in [-0.1, -0.05) is 12.1 Å². The highest BCUT2D eigenvalue weighted by atomic mass is 32.2. The van der Waals surface area contributed by atoms with Crippen molar-refractivity contribution in [3.63, 3.8) is 0 Å². The molecule has 6 heteroatoms. The van der Waals surface area contributed by atoms with Gasteiger partial charge in [0.15, 0.2) is 0 Å². The van der Waals surface area contributed by atoms with E-state index in [0.29, 0.717) is 11.1 Å². The summed E-state index contributed by atoms with van der Waals surface area (Å²) in [7, 11) is -3.88. The predicted molar refractivity (Wildman–Crippen MR) is 73.1 cm³/mol. The van der Waals surface area contributed by atoms with Crippen LogP contribution < -0.4 is 4.72 Å². The molecule has 0 spiro atoms. The van der Waals surface area contributed by atoms with Crippen LogP contribution >= 0.6 is 0 Å². The Hall–Kier alpha value is -2.39. The van der Waals surface area contributed by atoms with E-state index in [0.717, 1.165) is 0 Å². The summed E-state index contributed by atoms with van der Waals surface area (Å²) in [5.74, 6) is -0.637. The van der Waals surface area contributed by atoms with Crippen molar-refractivity contribution >= 4 is 15.7 Å². The number of benzene rings is 2. The molecule has 102 valence electrons. The van der Waals surface area contributed by atoms with Gasteiger partial charge in [0.2, 0.25) is 0 Å².